The molecule has 0 amide bonds. The first-order chi connectivity index (χ1) is 8.03. The van der Waals surface area contributed by atoms with Crippen molar-refractivity contribution in [2.24, 2.45) is 0 Å². The molecule has 0 fully saturated rings. The number of hydrogen-bond donors (Lipinski definition) is 2. The minimum Gasteiger partial charge on any atom is -0.381 e. The Balaban J connectivity index is 2.34. The van der Waals surface area contributed by atoms with Crippen LogP contribution in [-0.4, -0.2) is 27.8 Å². The van der Waals surface area contributed by atoms with E-state index in [1.165, 1.54) is 17.1 Å². The molecule has 0 aromatic carbocycles. The molecular weight excluding hydrogens is 264 g/mol. The predicted octanol–water partition coefficient (Wildman–Crippen LogP) is 0.138. The first-order valence-corrected chi connectivity index (χ1v) is 6.91. The van der Waals surface area contributed by atoms with E-state index in [-0.39, 0.29) is 10.7 Å². The van der Waals surface area contributed by atoms with Gasteiger partial charge < -0.3 is 5.73 Å². The van der Waals surface area contributed by atoms with Crippen molar-refractivity contribution in [1.29, 1.82) is 0 Å². The van der Waals surface area contributed by atoms with Crippen LogP contribution in [0.25, 0.3) is 0 Å². The van der Waals surface area contributed by atoms with Crippen LogP contribution in [0.3, 0.4) is 0 Å². The van der Waals surface area contributed by atoms with E-state index in [2.05, 4.69) is 19.4 Å². The van der Waals surface area contributed by atoms with E-state index in [0.717, 1.165) is 11.5 Å². The highest BCUT2D eigenvalue weighted by Gasteiger charge is 2.21. The molecule has 0 bridgehead atoms. The van der Waals surface area contributed by atoms with Crippen LogP contribution in [0.1, 0.15) is 6.92 Å². The molecule has 0 saturated heterocycles. The van der Waals surface area contributed by atoms with Gasteiger partial charge in [-0.25, -0.2) is 8.42 Å². The van der Waals surface area contributed by atoms with E-state index < -0.39 is 10.0 Å². The van der Waals surface area contributed by atoms with Gasteiger partial charge in [-0.2, -0.15) is 5.10 Å². The Morgan fingerprint density at radius 1 is 1.59 bits per heavy atom. The summed E-state index contributed by atoms with van der Waals surface area (Å²) in [7, 11) is -3.73. The van der Waals surface area contributed by atoms with Crippen molar-refractivity contribution < 1.29 is 8.42 Å². The summed E-state index contributed by atoms with van der Waals surface area (Å²) in [5.41, 5.74) is 5.55. The van der Waals surface area contributed by atoms with Gasteiger partial charge in [0.2, 0.25) is 0 Å². The third-order valence-electron chi connectivity index (χ3n) is 1.96. The number of nitrogens with zero attached hydrogens (tertiary/aromatic N) is 4. The molecule has 2 rings (SSSR count). The predicted molar refractivity (Wildman–Crippen MR) is 63.0 cm³/mol. The maximum atomic E-state index is 12.0. The number of anilines is 2. The van der Waals surface area contributed by atoms with Gasteiger partial charge in [-0.05, 0) is 6.92 Å². The lowest BCUT2D eigenvalue weighted by Gasteiger charge is -2.02. The summed E-state index contributed by atoms with van der Waals surface area (Å²) in [5.74, 6) is -0.0307. The summed E-state index contributed by atoms with van der Waals surface area (Å²) in [4.78, 5) is -0.0484. The summed E-state index contributed by atoms with van der Waals surface area (Å²) >= 11 is 0.943. The zero-order chi connectivity index (χ0) is 12.5. The number of aromatic nitrogens is 4. The molecule has 0 aliphatic rings. The molecule has 0 saturated carbocycles. The van der Waals surface area contributed by atoms with Crippen molar-refractivity contribution in [2.75, 3.05) is 10.5 Å². The molecule has 0 spiro atoms. The van der Waals surface area contributed by atoms with E-state index in [1.807, 2.05) is 6.92 Å². The fourth-order valence-corrected chi connectivity index (χ4v) is 2.95. The minimum absolute atomic E-state index is 0.0307. The van der Waals surface area contributed by atoms with E-state index in [0.29, 0.717) is 11.5 Å². The van der Waals surface area contributed by atoms with Gasteiger partial charge in [0, 0.05) is 24.3 Å². The lowest BCUT2D eigenvalue weighted by molar-refractivity contribution is 0.601. The van der Waals surface area contributed by atoms with Crippen molar-refractivity contribution in [3.05, 3.63) is 12.4 Å². The lowest BCUT2D eigenvalue weighted by atomic mass is 10.6. The second kappa shape index (κ2) is 4.30. The Labute approximate surface area is 102 Å². The summed E-state index contributed by atoms with van der Waals surface area (Å²) in [6.45, 7) is 2.38. The van der Waals surface area contributed by atoms with Gasteiger partial charge in [0.1, 0.15) is 9.90 Å². The highest BCUT2D eigenvalue weighted by molar-refractivity contribution is 7.93. The quantitative estimate of drug-likeness (QED) is 0.819. The smallest absolute Gasteiger partial charge is 0.267 e. The molecular formula is C7H10N6O2S2. The monoisotopic (exact) mass is 274 g/mol. The SMILES string of the molecule is CCn1cc(S(=O)(=O)Nc2cnns2)c(N)n1. The van der Waals surface area contributed by atoms with Gasteiger partial charge >= 0.3 is 0 Å². The van der Waals surface area contributed by atoms with Crippen LogP contribution in [0.5, 0.6) is 0 Å². The molecule has 2 aromatic heterocycles. The average Bonchev–Trinajstić information content (AvgIpc) is 2.86. The van der Waals surface area contributed by atoms with E-state index in [4.69, 9.17) is 5.73 Å². The topological polar surface area (TPSA) is 116 Å². The maximum Gasteiger partial charge on any atom is 0.267 e. The first kappa shape index (κ1) is 11.8. The van der Waals surface area contributed by atoms with Gasteiger partial charge in [-0.3, -0.25) is 9.40 Å². The van der Waals surface area contributed by atoms with E-state index >= 15 is 0 Å². The Kier molecular flexibility index (Phi) is 2.98. The average molecular weight is 274 g/mol. The number of hydrogen-bond acceptors (Lipinski definition) is 7. The van der Waals surface area contributed by atoms with Crippen molar-refractivity contribution >= 4 is 32.4 Å². The molecule has 2 aromatic rings. The normalized spacial score (nSPS) is 11.6. The van der Waals surface area contributed by atoms with Gasteiger partial charge in [0.05, 0.1) is 6.20 Å². The highest BCUT2D eigenvalue weighted by atomic mass is 32.2. The zero-order valence-electron chi connectivity index (χ0n) is 8.86. The molecule has 2 heterocycles. The van der Waals surface area contributed by atoms with Crippen LogP contribution in [-0.2, 0) is 16.6 Å². The van der Waals surface area contributed by atoms with Crippen LogP contribution in [0.15, 0.2) is 17.3 Å². The van der Waals surface area contributed by atoms with Crippen molar-refractivity contribution in [2.45, 2.75) is 18.4 Å². The fraction of sp³-hybridized carbons (Fsp3) is 0.286. The molecule has 0 unspecified atom stereocenters. The molecule has 0 atom stereocenters. The molecule has 92 valence electrons. The lowest BCUT2D eigenvalue weighted by Crippen LogP contribution is -2.13. The zero-order valence-corrected chi connectivity index (χ0v) is 10.5. The first-order valence-electron chi connectivity index (χ1n) is 4.66. The van der Waals surface area contributed by atoms with Crippen LogP contribution < -0.4 is 10.5 Å². The van der Waals surface area contributed by atoms with Crippen molar-refractivity contribution in [3.63, 3.8) is 0 Å². The van der Waals surface area contributed by atoms with Crippen molar-refractivity contribution in [1.82, 2.24) is 19.4 Å². The molecule has 0 aliphatic heterocycles. The van der Waals surface area contributed by atoms with Crippen LogP contribution in [0, 0.1) is 0 Å². The molecule has 0 aliphatic carbocycles. The number of nitrogens with two attached hydrogens (primary N) is 1. The third-order valence-corrected chi connectivity index (χ3v) is 4.06. The summed E-state index contributed by atoms with van der Waals surface area (Å²) in [5, 5.41) is 7.73. The second-order valence-electron chi connectivity index (χ2n) is 3.12. The molecule has 8 nitrogen and oxygen atoms in total. The fourth-order valence-electron chi connectivity index (χ4n) is 1.19. The van der Waals surface area contributed by atoms with Crippen molar-refractivity contribution in [3.8, 4) is 0 Å². The largest absolute Gasteiger partial charge is 0.381 e. The number of aryl methyl sites for hydroxylation is 1. The number of nitrogens with one attached hydrogen (secondary N) is 1. The van der Waals surface area contributed by atoms with Crippen LogP contribution in [0.2, 0.25) is 0 Å². The number of sulfonamides is 1. The van der Waals surface area contributed by atoms with E-state index in [1.54, 1.807) is 0 Å². The standard InChI is InChI=1S/C7H10N6O2S2/c1-2-13-4-5(7(8)10-13)17(14,15)11-6-3-9-12-16-6/h3-4,11H,2H2,1H3,(H2,8,10). The Morgan fingerprint density at radius 2 is 2.35 bits per heavy atom. The minimum atomic E-state index is -3.73. The Bertz CT molecular complexity index is 602. The summed E-state index contributed by atoms with van der Waals surface area (Å²) in [6, 6.07) is 0. The highest BCUT2D eigenvalue weighted by Crippen LogP contribution is 2.21. The summed E-state index contributed by atoms with van der Waals surface area (Å²) in [6.07, 6.45) is 2.70. The second-order valence-corrected chi connectivity index (χ2v) is 5.56. The molecule has 3 N–H and O–H groups in total. The van der Waals surface area contributed by atoms with Gasteiger partial charge in [0.25, 0.3) is 10.0 Å². The Morgan fingerprint density at radius 3 is 2.88 bits per heavy atom. The molecule has 10 heteroatoms. The van der Waals surface area contributed by atoms with E-state index in [9.17, 15) is 8.42 Å². The molecule has 17 heavy (non-hydrogen) atoms. The van der Waals surface area contributed by atoms with Crippen LogP contribution in [0.4, 0.5) is 10.8 Å². The number of nitrogen functional groups attached to an aromatic ring is 1. The third kappa shape index (κ3) is 2.36. The van der Waals surface area contributed by atoms with Crippen LogP contribution >= 0.6 is 11.5 Å². The van der Waals surface area contributed by atoms with Gasteiger partial charge in [0.15, 0.2) is 5.82 Å². The maximum absolute atomic E-state index is 12.0. The van der Waals surface area contributed by atoms with Gasteiger partial charge in [-0.15, -0.1) is 5.10 Å². The number of rotatable bonds is 4. The summed E-state index contributed by atoms with van der Waals surface area (Å²) < 4.78 is 31.2. The molecule has 0 radical (unpaired) electrons. The van der Waals surface area contributed by atoms with Gasteiger partial charge in [-0.1, -0.05) is 4.49 Å². The Hall–Kier alpha value is -1.68.